The van der Waals surface area contributed by atoms with Crippen LogP contribution in [0.2, 0.25) is 5.02 Å². The van der Waals surface area contributed by atoms with Gasteiger partial charge < -0.3 is 20.3 Å². The normalized spacial score (nSPS) is 29.6. The number of halogens is 1. The molecule has 0 radical (unpaired) electrons. The lowest BCUT2D eigenvalue weighted by Gasteiger charge is -2.45. The Bertz CT molecular complexity index is 1220. The van der Waals surface area contributed by atoms with Gasteiger partial charge in [0.2, 0.25) is 0 Å². The van der Waals surface area contributed by atoms with E-state index in [0.29, 0.717) is 17.0 Å². The molecule has 0 aromatic heterocycles. The molecule has 0 amide bonds. The number of benzene rings is 2. The molecule has 1 fully saturated rings. The summed E-state index contributed by atoms with van der Waals surface area (Å²) >= 11 is 6.24. The molecular weight excluding hydrogens is 442 g/mol. The molecule has 2 aromatic carbocycles. The molecule has 7 nitrogen and oxygen atoms in total. The van der Waals surface area contributed by atoms with Gasteiger partial charge in [0.1, 0.15) is 12.1 Å². The summed E-state index contributed by atoms with van der Waals surface area (Å²) in [5.74, 6) is 0. The van der Waals surface area contributed by atoms with Gasteiger partial charge >= 0.3 is 0 Å². The number of carboxylic acid groups (broad SMARTS) is 1. The van der Waals surface area contributed by atoms with Crippen LogP contribution in [0.5, 0.6) is 0 Å². The second-order valence-corrected chi connectivity index (χ2v) is 9.01. The lowest BCUT2D eigenvalue weighted by molar-refractivity contribution is -0.122. The van der Waals surface area contributed by atoms with Gasteiger partial charge in [0.25, 0.3) is 12.5 Å². The lowest BCUT2D eigenvalue weighted by Crippen LogP contribution is -2.46. The molecule has 3 N–H and O–H groups in total. The maximum atomic E-state index is 9.34. The Hall–Kier alpha value is -3.08. The van der Waals surface area contributed by atoms with E-state index in [1.807, 2.05) is 24.3 Å². The summed E-state index contributed by atoms with van der Waals surface area (Å²) in [5.41, 5.74) is 8.28. The van der Waals surface area contributed by atoms with Crippen molar-refractivity contribution in [2.75, 3.05) is 13.7 Å². The minimum Gasteiger partial charge on any atom is -0.483 e. The molecule has 2 aromatic rings. The summed E-state index contributed by atoms with van der Waals surface area (Å²) in [6.45, 7) is -2.33. The van der Waals surface area contributed by atoms with E-state index in [4.69, 9.17) is 44.4 Å². The van der Waals surface area contributed by atoms with E-state index in [9.17, 15) is 5.26 Å². The van der Waals surface area contributed by atoms with E-state index in [1.165, 1.54) is 0 Å². The van der Waals surface area contributed by atoms with Crippen molar-refractivity contribution in [2.24, 2.45) is 16.1 Å². The van der Waals surface area contributed by atoms with Crippen molar-refractivity contribution in [3.05, 3.63) is 58.1 Å². The summed E-state index contributed by atoms with van der Waals surface area (Å²) in [4.78, 5) is 13.1. The first-order valence-electron chi connectivity index (χ1n) is 11.6. The summed E-state index contributed by atoms with van der Waals surface area (Å²) < 4.78 is 28.8. The molecule has 1 saturated carbocycles. The van der Waals surface area contributed by atoms with Crippen LogP contribution in [-0.4, -0.2) is 37.4 Å². The first-order valence-corrected chi connectivity index (χ1v) is 11.0. The van der Waals surface area contributed by atoms with Crippen LogP contribution in [0.1, 0.15) is 45.1 Å². The number of nitriles is 1. The number of methoxy groups -OCH3 is 1. The van der Waals surface area contributed by atoms with Crippen molar-refractivity contribution in [1.82, 2.24) is 0 Å². The van der Waals surface area contributed by atoms with E-state index >= 15 is 0 Å². The van der Waals surface area contributed by atoms with Gasteiger partial charge in [-0.05, 0) is 78.6 Å². The smallest absolute Gasteiger partial charge is 0.290 e. The number of hydrogen-bond acceptors (Lipinski definition) is 6. The number of carbonyl (C=O) groups is 1. The molecule has 2 aliphatic carbocycles. The minimum atomic E-state index is -2.08. The fraction of sp³-hybridized carbons (Fsp3) is 0.400. The Morgan fingerprint density at radius 2 is 2.06 bits per heavy atom. The summed E-state index contributed by atoms with van der Waals surface area (Å²) in [5, 5.41) is 16.7. The molecule has 33 heavy (non-hydrogen) atoms. The van der Waals surface area contributed by atoms with Gasteiger partial charge in [-0.15, -0.1) is 0 Å². The molecule has 0 saturated heterocycles. The predicted octanol–water partition coefficient (Wildman–Crippen LogP) is 4.25. The van der Waals surface area contributed by atoms with E-state index < -0.39 is 17.5 Å². The molecule has 8 heteroatoms. The number of nitrogens with two attached hydrogens (primary N) is 1. The first-order chi connectivity index (χ1) is 16.6. The second kappa shape index (κ2) is 9.05. The van der Waals surface area contributed by atoms with Crippen LogP contribution in [0.25, 0.3) is 11.1 Å². The third-order valence-corrected chi connectivity index (χ3v) is 7.18. The maximum absolute atomic E-state index is 9.34. The maximum Gasteiger partial charge on any atom is 0.290 e. The van der Waals surface area contributed by atoms with Crippen LogP contribution < -0.4 is 5.73 Å². The molecule has 172 valence electrons. The standard InChI is InChI=1S/C24H24ClN3O2.CH2O2/c1-29-20-4-6-23(7-5-20)12-17-3-2-16(18-8-15(13-26)9-19(25)10-18)11-21(17)24(23)14-30-22(27)28-24;2-1-3/h2-3,8-11,20H,4-7,12,14H2,1H3,(H2,27,28);1H,(H,2,3)/t20?,23?,24-;/m0./s1/i14D2;. The Kier molecular flexibility index (Phi) is 5.63. The Morgan fingerprint density at radius 1 is 1.33 bits per heavy atom. The van der Waals surface area contributed by atoms with Crippen LogP contribution in [0.3, 0.4) is 0 Å². The lowest BCUT2D eigenvalue weighted by atomic mass is 9.62. The van der Waals surface area contributed by atoms with Gasteiger partial charge in [0.15, 0.2) is 0 Å². The fourth-order valence-electron chi connectivity index (χ4n) is 5.44. The summed E-state index contributed by atoms with van der Waals surface area (Å²) in [6.07, 6.45) is 4.09. The van der Waals surface area contributed by atoms with Crippen molar-refractivity contribution in [3.63, 3.8) is 0 Å². The number of fused-ring (bicyclic) bond motifs is 3. The van der Waals surface area contributed by atoms with Crippen molar-refractivity contribution in [2.45, 2.75) is 43.7 Å². The highest BCUT2D eigenvalue weighted by atomic mass is 35.5. The topological polar surface area (TPSA) is 118 Å². The van der Waals surface area contributed by atoms with Crippen molar-refractivity contribution in [3.8, 4) is 17.2 Å². The number of amidine groups is 1. The van der Waals surface area contributed by atoms with Gasteiger partial charge in [-0.1, -0.05) is 23.7 Å². The highest BCUT2D eigenvalue weighted by Gasteiger charge is 2.61. The molecular formula is C25H26ClN3O4. The number of nitrogens with zero attached hydrogens (tertiary/aromatic N) is 2. The second-order valence-electron chi connectivity index (χ2n) is 8.57. The van der Waals surface area contributed by atoms with Crippen LogP contribution in [0.4, 0.5) is 0 Å². The zero-order chi connectivity index (χ0) is 25.4. The number of rotatable bonds is 2. The Balaban J connectivity index is 0.000000917. The molecule has 0 bridgehead atoms. The number of aliphatic imine (C=N–C) groups is 1. The van der Waals surface area contributed by atoms with Crippen LogP contribution >= 0.6 is 11.6 Å². The van der Waals surface area contributed by atoms with Gasteiger partial charge in [0, 0.05) is 17.5 Å². The van der Waals surface area contributed by atoms with Crippen molar-refractivity contribution >= 4 is 24.1 Å². The van der Waals surface area contributed by atoms with E-state index in [-0.39, 0.29) is 18.6 Å². The Morgan fingerprint density at radius 3 is 2.67 bits per heavy atom. The third-order valence-electron chi connectivity index (χ3n) is 6.96. The Labute approximate surface area is 200 Å². The molecule has 1 atom stereocenters. The van der Waals surface area contributed by atoms with E-state index in [2.05, 4.69) is 6.07 Å². The number of hydrogen-bond donors (Lipinski definition) is 2. The largest absolute Gasteiger partial charge is 0.483 e. The molecule has 1 aliphatic heterocycles. The van der Waals surface area contributed by atoms with Crippen molar-refractivity contribution < 1.29 is 22.1 Å². The van der Waals surface area contributed by atoms with E-state index in [0.717, 1.165) is 47.9 Å². The molecule has 0 unspecified atom stereocenters. The predicted molar refractivity (Wildman–Crippen MR) is 125 cm³/mol. The average Bonchev–Trinajstić information content (AvgIpc) is 3.24. The SMILES string of the molecule is O=CO.[2H]C1([2H])OC(N)=N[C@]12c1cc(-c3cc(Cl)cc(C#N)c3)ccc1CC21CCC(OC)CC1. The molecule has 5 rings (SSSR count). The summed E-state index contributed by atoms with van der Waals surface area (Å²) in [7, 11) is 1.72. The quantitative estimate of drug-likeness (QED) is 0.634. The monoisotopic (exact) mass is 469 g/mol. The third kappa shape index (κ3) is 3.94. The highest BCUT2D eigenvalue weighted by Crippen LogP contribution is 2.61. The first kappa shape index (κ1) is 20.5. The molecule has 1 heterocycles. The van der Waals surface area contributed by atoms with Gasteiger partial charge in [-0.3, -0.25) is 4.79 Å². The van der Waals surface area contributed by atoms with Gasteiger partial charge in [-0.2, -0.15) is 5.26 Å². The van der Waals surface area contributed by atoms with Crippen LogP contribution in [0, 0.1) is 16.7 Å². The van der Waals surface area contributed by atoms with Crippen LogP contribution in [0.15, 0.2) is 41.4 Å². The summed E-state index contributed by atoms with van der Waals surface area (Å²) in [6, 6.07) is 13.3. The van der Waals surface area contributed by atoms with E-state index in [1.54, 1.807) is 19.2 Å². The highest BCUT2D eigenvalue weighted by molar-refractivity contribution is 6.31. The number of ether oxygens (including phenoxy) is 2. The van der Waals surface area contributed by atoms with Gasteiger partial charge in [0.05, 0.1) is 20.5 Å². The van der Waals surface area contributed by atoms with Gasteiger partial charge in [-0.25, -0.2) is 4.99 Å². The zero-order valence-corrected chi connectivity index (χ0v) is 18.9. The molecule has 2 spiro atoms. The van der Waals surface area contributed by atoms with Crippen LogP contribution in [-0.2, 0) is 26.2 Å². The fourth-order valence-corrected chi connectivity index (χ4v) is 5.68. The van der Waals surface area contributed by atoms with Crippen molar-refractivity contribution in [1.29, 1.82) is 5.26 Å². The average molecular weight is 470 g/mol. The minimum absolute atomic E-state index is 0.115. The zero-order valence-electron chi connectivity index (χ0n) is 20.2. The molecule has 3 aliphatic rings.